The van der Waals surface area contributed by atoms with E-state index in [1.165, 1.54) is 12.1 Å². The third kappa shape index (κ3) is 1.78. The topological polar surface area (TPSA) is 9.23 Å². The first-order chi connectivity index (χ1) is 6.75. The lowest BCUT2D eigenvalue weighted by Crippen LogP contribution is -2.32. The summed E-state index contributed by atoms with van der Waals surface area (Å²) in [6.07, 6.45) is 0. The third-order valence-corrected chi connectivity index (χ3v) is 4.73. The lowest BCUT2D eigenvalue weighted by atomic mass is 10.1. The van der Waals surface area contributed by atoms with Gasteiger partial charge in [0.15, 0.2) is 0 Å². The second-order valence-electron chi connectivity index (χ2n) is 2.96. The van der Waals surface area contributed by atoms with Crippen LogP contribution in [0, 0.1) is 0 Å². The number of hydrogen-bond acceptors (Lipinski definition) is 1. The van der Waals surface area contributed by atoms with Crippen LogP contribution >= 0.6 is 69.6 Å². The summed E-state index contributed by atoms with van der Waals surface area (Å²) in [5, 5.41) is 0.612. The fraction of sp³-hybridized carbons (Fsp3) is 0.250. The van der Waals surface area contributed by atoms with Gasteiger partial charge >= 0.3 is 0 Å². The normalized spacial score (nSPS) is 20.9. The molecule has 82 valence electrons. The van der Waals surface area contributed by atoms with Crippen LogP contribution in [0.1, 0.15) is 5.56 Å². The van der Waals surface area contributed by atoms with Crippen LogP contribution in [0.5, 0.6) is 5.75 Å². The molecule has 0 unspecified atom stereocenters. The molecule has 0 bridgehead atoms. The van der Waals surface area contributed by atoms with Crippen molar-refractivity contribution in [2.24, 2.45) is 0 Å². The Bertz CT molecular complexity index is 427. The molecule has 0 saturated carbocycles. The fourth-order valence-electron chi connectivity index (χ4n) is 1.22. The molecule has 1 aromatic rings. The van der Waals surface area contributed by atoms with Gasteiger partial charge in [-0.1, -0.05) is 69.6 Å². The average Bonchev–Trinajstić information content (AvgIpc) is 2.24. The Morgan fingerprint density at radius 1 is 0.933 bits per heavy atom. The minimum absolute atomic E-state index is 0.302. The SMILES string of the molecule is Clc1cc2c(cc1Cl)C(Cl)(Cl)C(Cl)(Cl)O2. The van der Waals surface area contributed by atoms with Crippen LogP contribution in [0.3, 0.4) is 0 Å². The van der Waals surface area contributed by atoms with Crippen LogP contribution in [0.2, 0.25) is 10.0 Å². The Morgan fingerprint density at radius 3 is 2.07 bits per heavy atom. The monoisotopic (exact) mass is 324 g/mol. The quantitative estimate of drug-likeness (QED) is 0.599. The molecule has 0 aliphatic carbocycles. The molecule has 1 nitrogen and oxygen atoms in total. The lowest BCUT2D eigenvalue weighted by molar-refractivity contribution is 0.260. The van der Waals surface area contributed by atoms with Crippen LogP contribution < -0.4 is 4.74 Å². The molecule has 0 aromatic heterocycles. The molecule has 0 spiro atoms. The number of ether oxygens (including phenoxy) is 1. The van der Waals surface area contributed by atoms with Crippen molar-refractivity contribution >= 4 is 69.6 Å². The van der Waals surface area contributed by atoms with Crippen molar-refractivity contribution in [3.8, 4) is 5.75 Å². The maximum Gasteiger partial charge on any atom is 0.295 e. The molecule has 0 radical (unpaired) electrons. The standard InChI is InChI=1S/C8H2Cl6O/c9-4-1-3-6(2-5(4)10)15-8(13,14)7(3,11)12/h1-2H. The number of fused-ring (bicyclic) bond motifs is 1. The van der Waals surface area contributed by atoms with Crippen LogP contribution in [0.4, 0.5) is 0 Å². The summed E-state index contributed by atoms with van der Waals surface area (Å²) in [5.41, 5.74) is 0.394. The van der Waals surface area contributed by atoms with E-state index in [1.54, 1.807) is 0 Å². The third-order valence-electron chi connectivity index (χ3n) is 1.96. The van der Waals surface area contributed by atoms with Gasteiger partial charge in [0.1, 0.15) is 5.75 Å². The van der Waals surface area contributed by atoms with E-state index < -0.39 is 8.85 Å². The maximum absolute atomic E-state index is 5.99. The molecule has 1 heterocycles. The van der Waals surface area contributed by atoms with Gasteiger partial charge in [0, 0.05) is 11.6 Å². The molecule has 0 atom stereocenters. The van der Waals surface area contributed by atoms with Gasteiger partial charge in [0.2, 0.25) is 4.33 Å². The summed E-state index contributed by atoms with van der Waals surface area (Å²) in [6, 6.07) is 2.94. The van der Waals surface area contributed by atoms with Crippen molar-refractivity contribution < 1.29 is 4.74 Å². The van der Waals surface area contributed by atoms with Gasteiger partial charge in [0.25, 0.3) is 4.52 Å². The van der Waals surface area contributed by atoms with Crippen molar-refractivity contribution in [3.63, 3.8) is 0 Å². The van der Waals surface area contributed by atoms with Crippen molar-refractivity contribution in [2.45, 2.75) is 8.85 Å². The molecule has 0 amide bonds. The van der Waals surface area contributed by atoms with Crippen LogP contribution in [-0.2, 0) is 4.33 Å². The maximum atomic E-state index is 5.99. The molecule has 1 aliphatic heterocycles. The molecule has 1 aromatic carbocycles. The largest absolute Gasteiger partial charge is 0.454 e. The number of halogens is 6. The first-order valence-corrected chi connectivity index (χ1v) is 5.96. The second-order valence-corrected chi connectivity index (χ2v) is 6.36. The average molecular weight is 327 g/mol. The zero-order chi connectivity index (χ0) is 11.4. The summed E-state index contributed by atoms with van der Waals surface area (Å²) in [5.74, 6) is 0.319. The fourth-order valence-corrected chi connectivity index (χ4v) is 2.28. The molecular formula is C8H2Cl6O. The Hall–Kier alpha value is 0.760. The van der Waals surface area contributed by atoms with E-state index in [-0.39, 0.29) is 0 Å². The van der Waals surface area contributed by atoms with Crippen molar-refractivity contribution in [3.05, 3.63) is 27.7 Å². The van der Waals surface area contributed by atoms with E-state index in [0.29, 0.717) is 21.4 Å². The van der Waals surface area contributed by atoms with Gasteiger partial charge < -0.3 is 4.74 Å². The molecule has 15 heavy (non-hydrogen) atoms. The summed E-state index contributed by atoms with van der Waals surface area (Å²) < 4.78 is 1.83. The smallest absolute Gasteiger partial charge is 0.295 e. The van der Waals surface area contributed by atoms with Crippen LogP contribution in [0.25, 0.3) is 0 Å². The predicted octanol–water partition coefficient (Wildman–Crippen LogP) is 5.15. The van der Waals surface area contributed by atoms with E-state index in [9.17, 15) is 0 Å². The summed E-state index contributed by atoms with van der Waals surface area (Å²) >= 11 is 35.2. The van der Waals surface area contributed by atoms with Gasteiger partial charge in [-0.15, -0.1) is 0 Å². The van der Waals surface area contributed by atoms with Gasteiger partial charge in [0.05, 0.1) is 10.0 Å². The first kappa shape index (κ1) is 12.2. The number of alkyl halides is 4. The Balaban J connectivity index is 2.65. The molecule has 0 fully saturated rings. The molecule has 0 N–H and O–H groups in total. The van der Waals surface area contributed by atoms with E-state index in [1.807, 2.05) is 0 Å². The molecule has 1 aliphatic rings. The Labute approximate surface area is 116 Å². The summed E-state index contributed by atoms with van der Waals surface area (Å²) in [7, 11) is 0. The van der Waals surface area contributed by atoms with Crippen molar-refractivity contribution in [2.75, 3.05) is 0 Å². The van der Waals surface area contributed by atoms with E-state index in [4.69, 9.17) is 74.3 Å². The highest BCUT2D eigenvalue weighted by molar-refractivity contribution is 6.62. The van der Waals surface area contributed by atoms with Crippen LogP contribution in [0.15, 0.2) is 12.1 Å². The zero-order valence-electron chi connectivity index (χ0n) is 6.83. The van der Waals surface area contributed by atoms with E-state index in [2.05, 4.69) is 0 Å². The Morgan fingerprint density at radius 2 is 1.47 bits per heavy atom. The molecule has 7 heteroatoms. The van der Waals surface area contributed by atoms with Crippen LogP contribution in [-0.4, -0.2) is 4.52 Å². The second kappa shape index (κ2) is 3.63. The van der Waals surface area contributed by atoms with E-state index >= 15 is 0 Å². The number of hydrogen-bond donors (Lipinski definition) is 0. The molecular weight excluding hydrogens is 325 g/mol. The van der Waals surface area contributed by atoms with Gasteiger partial charge in [-0.05, 0) is 6.07 Å². The van der Waals surface area contributed by atoms with Crippen molar-refractivity contribution in [1.29, 1.82) is 0 Å². The zero-order valence-corrected chi connectivity index (χ0v) is 11.4. The lowest BCUT2D eigenvalue weighted by Gasteiger charge is -2.23. The van der Waals surface area contributed by atoms with Gasteiger partial charge in [-0.2, -0.15) is 0 Å². The minimum Gasteiger partial charge on any atom is -0.454 e. The molecule has 0 saturated heterocycles. The number of benzene rings is 1. The van der Waals surface area contributed by atoms with Gasteiger partial charge in [-0.3, -0.25) is 0 Å². The Kier molecular flexibility index (Phi) is 2.96. The highest BCUT2D eigenvalue weighted by Crippen LogP contribution is 2.59. The van der Waals surface area contributed by atoms with E-state index in [0.717, 1.165) is 0 Å². The highest BCUT2D eigenvalue weighted by atomic mass is 35.5. The highest BCUT2D eigenvalue weighted by Gasteiger charge is 2.58. The van der Waals surface area contributed by atoms with Gasteiger partial charge in [-0.25, -0.2) is 0 Å². The van der Waals surface area contributed by atoms with Crippen molar-refractivity contribution in [1.82, 2.24) is 0 Å². The summed E-state index contributed by atoms with van der Waals surface area (Å²) in [6.45, 7) is 0. The summed E-state index contributed by atoms with van der Waals surface area (Å²) in [4.78, 5) is 0. The minimum atomic E-state index is -1.76. The number of rotatable bonds is 0. The molecule has 2 rings (SSSR count). The first-order valence-electron chi connectivity index (χ1n) is 3.70. The predicted molar refractivity (Wildman–Crippen MR) is 64.9 cm³/mol.